The van der Waals surface area contributed by atoms with Crippen LogP contribution in [0.1, 0.15) is 12.6 Å². The van der Waals surface area contributed by atoms with Gasteiger partial charge in [-0.05, 0) is 19.1 Å². The molecule has 0 bridgehead atoms. The van der Waals surface area contributed by atoms with Gasteiger partial charge < -0.3 is 11.1 Å². The topological polar surface area (TPSA) is 95.1 Å². The summed E-state index contributed by atoms with van der Waals surface area (Å²) >= 11 is 0. The Morgan fingerprint density at radius 3 is 2.88 bits per heavy atom. The molecule has 0 spiro atoms. The molecule has 86 valence electrons. The Morgan fingerprint density at radius 2 is 2.38 bits per heavy atom. The van der Waals surface area contributed by atoms with Crippen molar-refractivity contribution < 1.29 is 4.79 Å². The Hall–Kier alpha value is -2.11. The molecule has 6 heteroatoms. The zero-order chi connectivity index (χ0) is 12.0. The minimum atomic E-state index is -0.388. The van der Waals surface area contributed by atoms with Crippen LogP contribution in [0, 0.1) is 5.41 Å². The molecule has 4 N–H and O–H groups in total. The Bertz CT molecular complexity index is 365. The van der Waals surface area contributed by atoms with Gasteiger partial charge in [0.25, 0.3) is 0 Å². The summed E-state index contributed by atoms with van der Waals surface area (Å²) in [5, 5.41) is 9.91. The molecule has 0 fully saturated rings. The number of nitrogens with zero attached hydrogens (tertiary/aromatic N) is 2. The van der Waals surface area contributed by atoms with E-state index in [-0.39, 0.29) is 18.5 Å². The van der Waals surface area contributed by atoms with Crippen molar-refractivity contribution in [1.29, 1.82) is 5.41 Å². The van der Waals surface area contributed by atoms with Crippen LogP contribution in [0.4, 0.5) is 4.79 Å². The number of nitrogens with one attached hydrogen (secondary N) is 2. The normalized spacial score (nSPS) is 9.56. The van der Waals surface area contributed by atoms with Crippen molar-refractivity contribution in [2.24, 2.45) is 5.73 Å². The first kappa shape index (κ1) is 12.0. The van der Waals surface area contributed by atoms with Gasteiger partial charge in [-0.3, -0.25) is 15.3 Å². The van der Waals surface area contributed by atoms with E-state index in [0.29, 0.717) is 12.2 Å². The van der Waals surface area contributed by atoms with Gasteiger partial charge in [0.15, 0.2) is 5.96 Å². The first-order valence-electron chi connectivity index (χ1n) is 4.94. The highest BCUT2D eigenvalue weighted by atomic mass is 16.2. The Balaban J connectivity index is 2.73. The van der Waals surface area contributed by atoms with Gasteiger partial charge in [-0.25, -0.2) is 4.79 Å². The predicted octanol–water partition coefficient (Wildman–Crippen LogP) is 0.507. The number of rotatable bonds is 3. The molecule has 1 heterocycles. The summed E-state index contributed by atoms with van der Waals surface area (Å²) in [7, 11) is 0. The van der Waals surface area contributed by atoms with Crippen LogP contribution in [-0.2, 0) is 6.54 Å². The zero-order valence-electron chi connectivity index (χ0n) is 9.10. The molecular formula is C10H15N5O. The lowest BCUT2D eigenvalue weighted by Gasteiger charge is -2.20. The van der Waals surface area contributed by atoms with Crippen molar-refractivity contribution >= 4 is 12.0 Å². The highest BCUT2D eigenvalue weighted by Crippen LogP contribution is 2.00. The second-order valence-electron chi connectivity index (χ2n) is 3.13. The van der Waals surface area contributed by atoms with E-state index >= 15 is 0 Å². The number of aromatic nitrogens is 1. The highest BCUT2D eigenvalue weighted by Gasteiger charge is 2.16. The molecule has 0 unspecified atom stereocenters. The first-order valence-corrected chi connectivity index (χ1v) is 4.94. The van der Waals surface area contributed by atoms with Crippen molar-refractivity contribution in [3.63, 3.8) is 0 Å². The summed E-state index contributed by atoms with van der Waals surface area (Å²) in [5.74, 6) is -0.295. The standard InChI is InChI=1S/C10H15N5O/c1-2-13-10(16)15(9(11)12)7-8-5-3-4-6-14-8/h3-6H,2,7H2,1H3,(H3,11,12)(H,13,16). The fraction of sp³-hybridized carbons (Fsp3) is 0.300. The molecule has 1 aromatic rings. The number of urea groups is 1. The molecule has 16 heavy (non-hydrogen) atoms. The third-order valence-corrected chi connectivity index (χ3v) is 1.91. The van der Waals surface area contributed by atoms with Crippen LogP contribution < -0.4 is 11.1 Å². The summed E-state index contributed by atoms with van der Waals surface area (Å²) in [5.41, 5.74) is 6.02. The maximum absolute atomic E-state index is 11.6. The van der Waals surface area contributed by atoms with Gasteiger partial charge in [-0.1, -0.05) is 6.07 Å². The number of guanidine groups is 1. The summed E-state index contributed by atoms with van der Waals surface area (Å²) in [4.78, 5) is 16.8. The maximum atomic E-state index is 11.6. The van der Waals surface area contributed by atoms with Gasteiger partial charge in [-0.15, -0.1) is 0 Å². The number of carbonyl (C=O) groups is 1. The number of carbonyl (C=O) groups excluding carboxylic acids is 1. The molecule has 0 saturated heterocycles. The molecule has 0 aliphatic heterocycles. The van der Waals surface area contributed by atoms with Crippen molar-refractivity contribution in [2.45, 2.75) is 13.5 Å². The lowest BCUT2D eigenvalue weighted by molar-refractivity contribution is 0.219. The lowest BCUT2D eigenvalue weighted by atomic mass is 10.3. The summed E-state index contributed by atoms with van der Waals surface area (Å²) in [6.07, 6.45) is 1.63. The van der Waals surface area contributed by atoms with E-state index in [0.717, 1.165) is 4.90 Å². The average molecular weight is 221 g/mol. The second kappa shape index (κ2) is 5.69. The number of pyridine rings is 1. The molecule has 0 aliphatic rings. The van der Waals surface area contributed by atoms with Gasteiger partial charge in [0, 0.05) is 12.7 Å². The van der Waals surface area contributed by atoms with Crippen LogP contribution in [0.15, 0.2) is 24.4 Å². The van der Waals surface area contributed by atoms with Crippen LogP contribution >= 0.6 is 0 Å². The van der Waals surface area contributed by atoms with Crippen LogP contribution in [-0.4, -0.2) is 28.4 Å². The molecule has 6 nitrogen and oxygen atoms in total. The third kappa shape index (κ3) is 3.23. The first-order chi connectivity index (χ1) is 7.65. The molecule has 0 radical (unpaired) electrons. The van der Waals surface area contributed by atoms with Crippen molar-refractivity contribution in [1.82, 2.24) is 15.2 Å². The molecule has 0 atom stereocenters. The largest absolute Gasteiger partial charge is 0.370 e. The van der Waals surface area contributed by atoms with Gasteiger partial charge >= 0.3 is 6.03 Å². The van der Waals surface area contributed by atoms with Crippen molar-refractivity contribution in [3.05, 3.63) is 30.1 Å². The van der Waals surface area contributed by atoms with Crippen molar-refractivity contribution in [3.8, 4) is 0 Å². The Kier molecular flexibility index (Phi) is 4.26. The van der Waals surface area contributed by atoms with E-state index in [9.17, 15) is 4.79 Å². The van der Waals surface area contributed by atoms with Crippen LogP contribution in [0.3, 0.4) is 0 Å². The minimum absolute atomic E-state index is 0.196. The zero-order valence-corrected chi connectivity index (χ0v) is 9.10. The molecule has 1 aromatic heterocycles. The summed E-state index contributed by atoms with van der Waals surface area (Å²) < 4.78 is 0. The van der Waals surface area contributed by atoms with Gasteiger partial charge in [0.1, 0.15) is 0 Å². The van der Waals surface area contributed by atoms with Crippen LogP contribution in [0.5, 0.6) is 0 Å². The van der Waals surface area contributed by atoms with Gasteiger partial charge in [-0.2, -0.15) is 0 Å². The monoisotopic (exact) mass is 221 g/mol. The summed E-state index contributed by atoms with van der Waals surface area (Å²) in [6.45, 7) is 2.49. The van der Waals surface area contributed by atoms with Gasteiger partial charge in [0.05, 0.1) is 12.2 Å². The van der Waals surface area contributed by atoms with Gasteiger partial charge in [0.2, 0.25) is 0 Å². The number of hydrogen-bond donors (Lipinski definition) is 3. The summed E-state index contributed by atoms with van der Waals surface area (Å²) in [6, 6.07) is 4.99. The third-order valence-electron chi connectivity index (χ3n) is 1.91. The molecule has 1 rings (SSSR count). The van der Waals surface area contributed by atoms with E-state index in [2.05, 4.69) is 10.3 Å². The predicted molar refractivity (Wildman–Crippen MR) is 60.8 cm³/mol. The SMILES string of the molecule is CCNC(=O)N(Cc1ccccn1)C(=N)N. The van der Waals surface area contributed by atoms with Crippen LogP contribution in [0.2, 0.25) is 0 Å². The highest BCUT2D eigenvalue weighted by molar-refractivity contribution is 5.93. The molecule has 0 aliphatic carbocycles. The molecule has 0 saturated carbocycles. The number of nitrogens with two attached hydrogens (primary N) is 1. The van der Waals surface area contributed by atoms with Crippen LogP contribution in [0.25, 0.3) is 0 Å². The van der Waals surface area contributed by atoms with E-state index in [1.165, 1.54) is 0 Å². The minimum Gasteiger partial charge on any atom is -0.370 e. The van der Waals surface area contributed by atoms with E-state index < -0.39 is 0 Å². The van der Waals surface area contributed by atoms with E-state index in [1.54, 1.807) is 25.3 Å². The molecule has 0 aromatic carbocycles. The van der Waals surface area contributed by atoms with E-state index in [4.69, 9.17) is 11.1 Å². The fourth-order valence-corrected chi connectivity index (χ4v) is 1.17. The number of hydrogen-bond acceptors (Lipinski definition) is 3. The fourth-order valence-electron chi connectivity index (χ4n) is 1.17. The molecule has 2 amide bonds. The smallest absolute Gasteiger partial charge is 0.324 e. The second-order valence-corrected chi connectivity index (χ2v) is 3.13. The Labute approximate surface area is 94.0 Å². The average Bonchev–Trinajstić information content (AvgIpc) is 2.27. The van der Waals surface area contributed by atoms with Crippen molar-refractivity contribution in [2.75, 3.05) is 6.54 Å². The Morgan fingerprint density at radius 1 is 1.62 bits per heavy atom. The maximum Gasteiger partial charge on any atom is 0.324 e. The van der Waals surface area contributed by atoms with E-state index in [1.807, 2.05) is 6.07 Å². The lowest BCUT2D eigenvalue weighted by Crippen LogP contribution is -2.46. The number of amides is 2. The quantitative estimate of drug-likeness (QED) is 0.512. The molecular weight excluding hydrogens is 206 g/mol.